The van der Waals surface area contributed by atoms with Crippen LogP contribution in [0.15, 0.2) is 54.1 Å². The fourth-order valence-corrected chi connectivity index (χ4v) is 3.11. The van der Waals surface area contributed by atoms with Gasteiger partial charge in [-0.1, -0.05) is 43.2 Å². The zero-order valence-corrected chi connectivity index (χ0v) is 13.1. The van der Waals surface area contributed by atoms with Gasteiger partial charge in [0.15, 0.2) is 5.78 Å². The van der Waals surface area contributed by atoms with Crippen LogP contribution in [0.4, 0.5) is 0 Å². The van der Waals surface area contributed by atoms with Crippen LogP contribution in [0.25, 0.3) is 5.57 Å². The van der Waals surface area contributed by atoms with Crippen molar-refractivity contribution in [2.45, 2.75) is 26.2 Å². The monoisotopic (exact) mass is 292 g/mol. The summed E-state index contributed by atoms with van der Waals surface area (Å²) in [4.78, 5) is 13.0. The SMILES string of the molecule is CCCC1=C(C(=O)c2ccc(OC)cc2)c2ccccc2C1. The third-order valence-corrected chi connectivity index (χ3v) is 4.18. The fraction of sp³-hybridized carbons (Fsp3) is 0.250. The number of carbonyl (C=O) groups is 1. The van der Waals surface area contributed by atoms with Crippen LogP contribution in [0.1, 0.15) is 41.3 Å². The van der Waals surface area contributed by atoms with Gasteiger partial charge in [-0.3, -0.25) is 4.79 Å². The largest absolute Gasteiger partial charge is 0.497 e. The van der Waals surface area contributed by atoms with Crippen molar-refractivity contribution in [2.24, 2.45) is 0 Å². The molecule has 0 aliphatic heterocycles. The molecule has 1 aliphatic carbocycles. The maximum absolute atomic E-state index is 13.0. The molecule has 2 heteroatoms. The highest BCUT2D eigenvalue weighted by molar-refractivity contribution is 6.30. The second-order valence-electron chi connectivity index (χ2n) is 5.62. The number of ether oxygens (including phenoxy) is 1. The molecule has 0 amide bonds. The van der Waals surface area contributed by atoms with Gasteiger partial charge in [-0.15, -0.1) is 0 Å². The number of rotatable bonds is 5. The lowest BCUT2D eigenvalue weighted by atomic mass is 9.95. The Morgan fingerprint density at radius 3 is 2.50 bits per heavy atom. The molecule has 0 unspecified atom stereocenters. The van der Waals surface area contributed by atoms with E-state index in [0.717, 1.165) is 41.7 Å². The van der Waals surface area contributed by atoms with Crippen molar-refractivity contribution >= 4 is 11.4 Å². The standard InChI is InChI=1S/C20H20O2/c1-3-6-16-13-15-7-4-5-8-18(15)19(16)20(21)14-9-11-17(22-2)12-10-14/h4-5,7-12H,3,6,13H2,1-2H3. The highest BCUT2D eigenvalue weighted by Gasteiger charge is 2.26. The summed E-state index contributed by atoms with van der Waals surface area (Å²) in [6.07, 6.45) is 2.94. The minimum Gasteiger partial charge on any atom is -0.497 e. The van der Waals surface area contributed by atoms with E-state index in [1.165, 1.54) is 11.1 Å². The van der Waals surface area contributed by atoms with Crippen LogP contribution in [0.5, 0.6) is 5.75 Å². The van der Waals surface area contributed by atoms with Crippen LogP contribution in [-0.2, 0) is 6.42 Å². The van der Waals surface area contributed by atoms with Crippen molar-refractivity contribution in [1.82, 2.24) is 0 Å². The van der Waals surface area contributed by atoms with Crippen molar-refractivity contribution in [3.05, 3.63) is 70.8 Å². The Bertz CT molecular complexity index is 724. The Morgan fingerprint density at radius 2 is 1.82 bits per heavy atom. The number of fused-ring (bicyclic) bond motifs is 1. The first-order valence-electron chi connectivity index (χ1n) is 7.73. The summed E-state index contributed by atoms with van der Waals surface area (Å²) >= 11 is 0. The highest BCUT2D eigenvalue weighted by Crippen LogP contribution is 2.37. The Kier molecular flexibility index (Phi) is 4.10. The average Bonchev–Trinajstić information content (AvgIpc) is 2.92. The van der Waals surface area contributed by atoms with E-state index in [9.17, 15) is 4.79 Å². The number of allylic oxidation sites excluding steroid dienone is 2. The summed E-state index contributed by atoms with van der Waals surface area (Å²) in [5.41, 5.74) is 5.27. The average molecular weight is 292 g/mol. The molecule has 0 heterocycles. The van der Waals surface area contributed by atoms with Crippen LogP contribution in [0.3, 0.4) is 0 Å². The first kappa shape index (κ1) is 14.6. The molecule has 3 rings (SSSR count). The van der Waals surface area contributed by atoms with Crippen molar-refractivity contribution in [3.8, 4) is 5.75 Å². The number of Topliss-reactive ketones (excluding diaryl/α,β-unsaturated/α-hetero) is 1. The van der Waals surface area contributed by atoms with Crippen molar-refractivity contribution < 1.29 is 9.53 Å². The molecule has 22 heavy (non-hydrogen) atoms. The van der Waals surface area contributed by atoms with Gasteiger partial charge in [-0.05, 0) is 48.2 Å². The molecule has 0 radical (unpaired) electrons. The molecule has 0 N–H and O–H groups in total. The molecule has 0 saturated heterocycles. The van der Waals surface area contributed by atoms with E-state index in [-0.39, 0.29) is 5.78 Å². The molecule has 2 nitrogen and oxygen atoms in total. The van der Waals surface area contributed by atoms with Crippen LogP contribution >= 0.6 is 0 Å². The fourth-order valence-electron chi connectivity index (χ4n) is 3.11. The summed E-state index contributed by atoms with van der Waals surface area (Å²) in [7, 11) is 1.63. The Morgan fingerprint density at radius 1 is 1.09 bits per heavy atom. The lowest BCUT2D eigenvalue weighted by Crippen LogP contribution is -2.03. The van der Waals surface area contributed by atoms with Gasteiger partial charge in [0.1, 0.15) is 5.75 Å². The Labute approximate surface area is 131 Å². The van der Waals surface area contributed by atoms with Crippen LogP contribution < -0.4 is 4.74 Å². The van der Waals surface area contributed by atoms with E-state index in [1.54, 1.807) is 7.11 Å². The molecule has 1 aliphatic rings. The number of ketones is 1. The van der Waals surface area contributed by atoms with Gasteiger partial charge >= 0.3 is 0 Å². The van der Waals surface area contributed by atoms with E-state index in [1.807, 2.05) is 36.4 Å². The first-order chi connectivity index (χ1) is 10.7. The number of hydrogen-bond acceptors (Lipinski definition) is 2. The topological polar surface area (TPSA) is 26.3 Å². The van der Waals surface area contributed by atoms with Gasteiger partial charge in [-0.2, -0.15) is 0 Å². The molecular formula is C20H20O2. The van der Waals surface area contributed by atoms with Crippen LogP contribution in [0.2, 0.25) is 0 Å². The Balaban J connectivity index is 2.02. The molecule has 0 saturated carbocycles. The third kappa shape index (κ3) is 2.57. The molecule has 0 fully saturated rings. The molecule has 2 aromatic carbocycles. The molecular weight excluding hydrogens is 272 g/mol. The summed E-state index contributed by atoms with van der Waals surface area (Å²) in [6, 6.07) is 15.6. The van der Waals surface area contributed by atoms with Crippen molar-refractivity contribution in [3.63, 3.8) is 0 Å². The molecule has 0 atom stereocenters. The van der Waals surface area contributed by atoms with Crippen molar-refractivity contribution in [1.29, 1.82) is 0 Å². The number of carbonyl (C=O) groups excluding carboxylic acids is 1. The summed E-state index contributed by atoms with van der Waals surface area (Å²) < 4.78 is 5.17. The van der Waals surface area contributed by atoms with E-state index in [4.69, 9.17) is 4.74 Å². The normalized spacial score (nSPS) is 13.2. The number of benzene rings is 2. The van der Waals surface area contributed by atoms with E-state index in [0.29, 0.717) is 0 Å². The predicted octanol–water partition coefficient (Wildman–Crippen LogP) is 4.69. The van der Waals surface area contributed by atoms with Crippen LogP contribution in [-0.4, -0.2) is 12.9 Å². The zero-order chi connectivity index (χ0) is 15.5. The van der Waals surface area contributed by atoms with Crippen molar-refractivity contribution in [2.75, 3.05) is 7.11 Å². The third-order valence-electron chi connectivity index (χ3n) is 4.18. The number of methoxy groups -OCH3 is 1. The predicted molar refractivity (Wildman–Crippen MR) is 89.3 cm³/mol. The molecule has 0 spiro atoms. The van der Waals surface area contributed by atoms with E-state index >= 15 is 0 Å². The summed E-state index contributed by atoms with van der Waals surface area (Å²) in [6.45, 7) is 2.16. The van der Waals surface area contributed by atoms with Gasteiger partial charge in [-0.25, -0.2) is 0 Å². The van der Waals surface area contributed by atoms with E-state index < -0.39 is 0 Å². The van der Waals surface area contributed by atoms with Crippen LogP contribution in [0, 0.1) is 0 Å². The highest BCUT2D eigenvalue weighted by atomic mass is 16.5. The summed E-state index contributed by atoms with van der Waals surface area (Å²) in [5, 5.41) is 0. The number of hydrogen-bond donors (Lipinski definition) is 0. The molecule has 2 aromatic rings. The Hall–Kier alpha value is -2.35. The minimum atomic E-state index is 0.121. The van der Waals surface area contributed by atoms with Gasteiger partial charge in [0.05, 0.1) is 7.11 Å². The van der Waals surface area contributed by atoms with Gasteiger partial charge in [0, 0.05) is 11.1 Å². The first-order valence-corrected chi connectivity index (χ1v) is 7.73. The quantitative estimate of drug-likeness (QED) is 0.747. The lowest BCUT2D eigenvalue weighted by molar-refractivity contribution is 0.105. The smallest absolute Gasteiger partial charge is 0.193 e. The van der Waals surface area contributed by atoms with Gasteiger partial charge in [0.2, 0.25) is 0 Å². The van der Waals surface area contributed by atoms with Gasteiger partial charge in [0.25, 0.3) is 0 Å². The molecule has 0 bridgehead atoms. The van der Waals surface area contributed by atoms with Gasteiger partial charge < -0.3 is 4.74 Å². The molecule has 0 aromatic heterocycles. The van der Waals surface area contributed by atoms with E-state index in [2.05, 4.69) is 19.1 Å². The maximum atomic E-state index is 13.0. The minimum absolute atomic E-state index is 0.121. The second kappa shape index (κ2) is 6.18. The second-order valence-corrected chi connectivity index (χ2v) is 5.62. The summed E-state index contributed by atoms with van der Waals surface area (Å²) in [5.74, 6) is 0.891. The maximum Gasteiger partial charge on any atom is 0.193 e. The molecule has 112 valence electrons. The zero-order valence-electron chi connectivity index (χ0n) is 13.1. The lowest BCUT2D eigenvalue weighted by Gasteiger charge is -2.08.